The topological polar surface area (TPSA) is 37.8 Å². The highest BCUT2D eigenvalue weighted by atomic mass is 79.9. The van der Waals surface area contributed by atoms with Gasteiger partial charge < -0.3 is 5.32 Å². The van der Waals surface area contributed by atoms with E-state index in [1.807, 2.05) is 6.07 Å². The van der Waals surface area contributed by atoms with Crippen molar-refractivity contribution in [1.82, 2.24) is 9.97 Å². The third kappa shape index (κ3) is 3.01. The van der Waals surface area contributed by atoms with E-state index in [4.69, 9.17) is 0 Å². The number of nitrogens with zero attached hydrogens (tertiary/aromatic N) is 2. The molecule has 0 amide bonds. The SMILES string of the molecule is CCc1nc(Br)cc(NC2CCc3ccccc3C2)n1. The van der Waals surface area contributed by atoms with Crippen LogP contribution >= 0.6 is 15.9 Å². The molecule has 1 N–H and O–H groups in total. The Morgan fingerprint density at radius 3 is 2.85 bits per heavy atom. The molecule has 0 bridgehead atoms. The van der Waals surface area contributed by atoms with Gasteiger partial charge in [0.05, 0.1) is 0 Å². The average Bonchev–Trinajstić information content (AvgIpc) is 2.46. The van der Waals surface area contributed by atoms with Gasteiger partial charge in [-0.15, -0.1) is 0 Å². The molecule has 3 nitrogen and oxygen atoms in total. The fourth-order valence-corrected chi connectivity index (χ4v) is 3.15. The van der Waals surface area contributed by atoms with E-state index in [9.17, 15) is 0 Å². The molecule has 0 radical (unpaired) electrons. The lowest BCUT2D eigenvalue weighted by Gasteiger charge is -2.26. The molecule has 1 aromatic heterocycles. The van der Waals surface area contributed by atoms with Gasteiger partial charge in [-0.1, -0.05) is 31.2 Å². The molecule has 4 heteroatoms. The predicted octanol–water partition coefficient (Wildman–Crippen LogP) is 3.77. The van der Waals surface area contributed by atoms with Gasteiger partial charge in [-0.3, -0.25) is 0 Å². The smallest absolute Gasteiger partial charge is 0.131 e. The Kier molecular flexibility index (Phi) is 4.01. The van der Waals surface area contributed by atoms with Crippen LogP contribution in [0.2, 0.25) is 0 Å². The number of aryl methyl sites for hydroxylation is 2. The van der Waals surface area contributed by atoms with Crippen molar-refractivity contribution in [2.45, 2.75) is 38.6 Å². The van der Waals surface area contributed by atoms with Gasteiger partial charge in [0.1, 0.15) is 16.2 Å². The number of hydrogen-bond acceptors (Lipinski definition) is 3. The summed E-state index contributed by atoms with van der Waals surface area (Å²) in [5.74, 6) is 1.80. The van der Waals surface area contributed by atoms with Crippen LogP contribution in [0.1, 0.15) is 30.3 Å². The van der Waals surface area contributed by atoms with Crippen molar-refractivity contribution < 1.29 is 0 Å². The largest absolute Gasteiger partial charge is 0.367 e. The summed E-state index contributed by atoms with van der Waals surface area (Å²) in [6.07, 6.45) is 4.21. The van der Waals surface area contributed by atoms with Gasteiger partial charge in [0.2, 0.25) is 0 Å². The molecular weight excluding hydrogens is 314 g/mol. The zero-order valence-corrected chi connectivity index (χ0v) is 13.2. The highest BCUT2D eigenvalue weighted by Crippen LogP contribution is 2.23. The Labute approximate surface area is 128 Å². The molecule has 1 atom stereocenters. The van der Waals surface area contributed by atoms with Crippen LogP contribution in [0.15, 0.2) is 34.9 Å². The molecule has 1 aliphatic rings. The van der Waals surface area contributed by atoms with Crippen LogP contribution in [0.3, 0.4) is 0 Å². The van der Waals surface area contributed by atoms with E-state index < -0.39 is 0 Å². The minimum Gasteiger partial charge on any atom is -0.367 e. The number of halogens is 1. The first-order chi connectivity index (χ1) is 9.74. The molecule has 1 aromatic carbocycles. The summed E-state index contributed by atoms with van der Waals surface area (Å²) in [4.78, 5) is 8.90. The number of aromatic nitrogens is 2. The van der Waals surface area contributed by atoms with E-state index >= 15 is 0 Å². The Hall–Kier alpha value is -1.42. The van der Waals surface area contributed by atoms with Crippen LogP contribution in [-0.4, -0.2) is 16.0 Å². The first kappa shape index (κ1) is 13.6. The maximum absolute atomic E-state index is 4.55. The number of anilines is 1. The molecule has 0 saturated heterocycles. The molecule has 1 unspecified atom stereocenters. The molecule has 0 aliphatic heterocycles. The Bertz CT molecular complexity index is 612. The summed E-state index contributed by atoms with van der Waals surface area (Å²) < 4.78 is 0.850. The second-order valence-corrected chi connectivity index (χ2v) is 6.01. The summed E-state index contributed by atoms with van der Waals surface area (Å²) in [6, 6.07) is 11.1. The van der Waals surface area contributed by atoms with Crippen LogP contribution in [0, 0.1) is 0 Å². The molecule has 0 fully saturated rings. The van der Waals surface area contributed by atoms with Crippen molar-refractivity contribution in [3.05, 3.63) is 51.9 Å². The predicted molar refractivity (Wildman–Crippen MR) is 85.0 cm³/mol. The molecular formula is C16H18BrN3. The zero-order valence-electron chi connectivity index (χ0n) is 11.6. The fraction of sp³-hybridized carbons (Fsp3) is 0.375. The first-order valence-electron chi connectivity index (χ1n) is 7.11. The highest BCUT2D eigenvalue weighted by molar-refractivity contribution is 9.10. The van der Waals surface area contributed by atoms with Gasteiger partial charge >= 0.3 is 0 Å². The van der Waals surface area contributed by atoms with Crippen LogP contribution < -0.4 is 5.32 Å². The van der Waals surface area contributed by atoms with Gasteiger partial charge in [0, 0.05) is 18.5 Å². The van der Waals surface area contributed by atoms with Crippen LogP contribution in [-0.2, 0) is 19.3 Å². The van der Waals surface area contributed by atoms with E-state index in [0.717, 1.165) is 41.9 Å². The highest BCUT2D eigenvalue weighted by Gasteiger charge is 2.18. The Morgan fingerprint density at radius 1 is 1.25 bits per heavy atom. The maximum atomic E-state index is 4.55. The minimum atomic E-state index is 0.455. The summed E-state index contributed by atoms with van der Waals surface area (Å²) in [5.41, 5.74) is 2.95. The molecule has 1 heterocycles. The van der Waals surface area contributed by atoms with Gasteiger partial charge in [0.25, 0.3) is 0 Å². The first-order valence-corrected chi connectivity index (χ1v) is 7.90. The summed E-state index contributed by atoms with van der Waals surface area (Å²) in [7, 11) is 0. The lowest BCUT2D eigenvalue weighted by molar-refractivity contribution is 0.608. The van der Waals surface area contributed by atoms with Crippen molar-refractivity contribution in [2.75, 3.05) is 5.32 Å². The summed E-state index contributed by atoms with van der Waals surface area (Å²) >= 11 is 3.45. The van der Waals surface area contributed by atoms with Gasteiger partial charge in [-0.05, 0) is 46.3 Å². The van der Waals surface area contributed by atoms with E-state index in [-0.39, 0.29) is 0 Å². The molecule has 1 aliphatic carbocycles. The molecule has 0 spiro atoms. The maximum Gasteiger partial charge on any atom is 0.131 e. The van der Waals surface area contributed by atoms with Crippen molar-refractivity contribution in [3.8, 4) is 0 Å². The van der Waals surface area contributed by atoms with E-state index in [1.165, 1.54) is 11.1 Å². The third-order valence-electron chi connectivity index (χ3n) is 3.76. The van der Waals surface area contributed by atoms with E-state index in [2.05, 4.69) is 62.4 Å². The second-order valence-electron chi connectivity index (χ2n) is 5.20. The number of fused-ring (bicyclic) bond motifs is 1. The number of benzene rings is 1. The Morgan fingerprint density at radius 2 is 2.05 bits per heavy atom. The molecule has 0 saturated carbocycles. The number of nitrogens with one attached hydrogen (secondary N) is 1. The quantitative estimate of drug-likeness (QED) is 0.870. The van der Waals surface area contributed by atoms with Crippen molar-refractivity contribution in [3.63, 3.8) is 0 Å². The van der Waals surface area contributed by atoms with Crippen LogP contribution in [0.4, 0.5) is 5.82 Å². The van der Waals surface area contributed by atoms with E-state index in [0.29, 0.717) is 6.04 Å². The third-order valence-corrected chi connectivity index (χ3v) is 4.16. The monoisotopic (exact) mass is 331 g/mol. The van der Waals surface area contributed by atoms with Crippen molar-refractivity contribution >= 4 is 21.7 Å². The molecule has 20 heavy (non-hydrogen) atoms. The molecule has 104 valence electrons. The van der Waals surface area contributed by atoms with E-state index in [1.54, 1.807) is 0 Å². The standard InChI is InChI=1S/C16H18BrN3/c1-2-15-19-14(17)10-16(20-15)18-13-8-7-11-5-3-4-6-12(11)9-13/h3-6,10,13H,2,7-9H2,1H3,(H,18,19,20). The van der Waals surface area contributed by atoms with Gasteiger partial charge in [-0.2, -0.15) is 0 Å². The van der Waals surface area contributed by atoms with Crippen LogP contribution in [0.5, 0.6) is 0 Å². The second kappa shape index (κ2) is 5.92. The van der Waals surface area contributed by atoms with Crippen LogP contribution in [0.25, 0.3) is 0 Å². The Balaban J connectivity index is 1.75. The fourth-order valence-electron chi connectivity index (χ4n) is 2.73. The average molecular weight is 332 g/mol. The van der Waals surface area contributed by atoms with Crippen molar-refractivity contribution in [1.29, 1.82) is 0 Å². The zero-order chi connectivity index (χ0) is 13.9. The minimum absolute atomic E-state index is 0.455. The number of rotatable bonds is 3. The molecule has 2 aromatic rings. The lowest BCUT2D eigenvalue weighted by Crippen LogP contribution is -2.27. The van der Waals surface area contributed by atoms with Crippen molar-refractivity contribution in [2.24, 2.45) is 0 Å². The molecule has 3 rings (SSSR count). The summed E-state index contributed by atoms with van der Waals surface area (Å²) in [5, 5.41) is 3.56. The lowest BCUT2D eigenvalue weighted by atomic mass is 9.88. The van der Waals surface area contributed by atoms with Gasteiger partial charge in [-0.25, -0.2) is 9.97 Å². The number of hydrogen-bond donors (Lipinski definition) is 1. The normalized spacial score (nSPS) is 17.6. The van der Waals surface area contributed by atoms with Gasteiger partial charge in [0.15, 0.2) is 0 Å². The summed E-state index contributed by atoms with van der Waals surface area (Å²) in [6.45, 7) is 2.07.